The van der Waals surface area contributed by atoms with Gasteiger partial charge in [0.25, 0.3) is 0 Å². The highest BCUT2D eigenvalue weighted by Gasteiger charge is 2.50. The smallest absolute Gasteiger partial charge is 0.210 e. The van der Waals surface area contributed by atoms with Crippen molar-refractivity contribution < 1.29 is 8.83 Å². The molecule has 0 N–H and O–H groups in total. The molecule has 13 rings (SSSR count). The average molecular weight is 883 g/mol. The largest absolute Gasteiger partial charge is 0.455 e. The SMILES string of the molecule is [C-]#[N+]c1ccccc1N(c1ccccc1)c1cc2c(c3oc4ccccc4c13)-c1c(cc(N(c3ccccc3)c3ccccc3C#N)c3oc4ccccc4c13)C2(c1ccccc1)c1ccccc1. The number of rotatable bonds is 8. The van der Waals surface area contributed by atoms with Crippen molar-refractivity contribution in [3.05, 3.63) is 270 Å². The Bertz CT molecular complexity index is 4010. The molecule has 1 aliphatic carbocycles. The monoisotopic (exact) mass is 882 g/mol. The molecule has 2 heterocycles. The summed E-state index contributed by atoms with van der Waals surface area (Å²) in [6, 6.07) is 81.3. The summed E-state index contributed by atoms with van der Waals surface area (Å²) >= 11 is 0. The molecule has 0 aliphatic heterocycles. The summed E-state index contributed by atoms with van der Waals surface area (Å²) in [6.07, 6.45) is 0. The molecule has 322 valence electrons. The standard InChI is InChI=1S/C63H38N4O2/c1-65-50-33-17-19-35-52(50)67(45-29-12-5-13-30-45)53-38-49-60(62-57(53)46-31-15-20-36-55(46)69-62)59-48(63(49,42-23-6-2-7-24-42)43-25-8-3-9-26-43)39-54(61-58(59)47-32-16-21-37-56(47)68-61)66(44-27-10-4-11-28-44)51-34-18-14-22-41(51)40-64/h2-39H. The Labute approximate surface area is 398 Å². The van der Waals surface area contributed by atoms with Crippen LogP contribution in [0.5, 0.6) is 0 Å². The van der Waals surface area contributed by atoms with Crippen LogP contribution < -0.4 is 9.80 Å². The molecule has 6 nitrogen and oxygen atoms in total. The molecule has 10 aromatic carbocycles. The maximum atomic E-state index is 10.7. The number of furan rings is 2. The lowest BCUT2D eigenvalue weighted by Crippen LogP contribution is -2.29. The van der Waals surface area contributed by atoms with E-state index < -0.39 is 5.41 Å². The van der Waals surface area contributed by atoms with Crippen LogP contribution >= 0.6 is 0 Å². The summed E-state index contributed by atoms with van der Waals surface area (Å²) in [5, 5.41) is 14.5. The zero-order chi connectivity index (χ0) is 46.1. The van der Waals surface area contributed by atoms with E-state index in [2.05, 4.69) is 142 Å². The van der Waals surface area contributed by atoms with Crippen LogP contribution in [0.1, 0.15) is 27.8 Å². The molecule has 6 heteroatoms. The molecule has 0 saturated carbocycles. The summed E-state index contributed by atoms with van der Waals surface area (Å²) in [4.78, 5) is 8.50. The highest BCUT2D eigenvalue weighted by Crippen LogP contribution is 2.64. The highest BCUT2D eigenvalue weighted by atomic mass is 16.3. The van der Waals surface area contributed by atoms with E-state index in [1.54, 1.807) is 0 Å². The van der Waals surface area contributed by atoms with Crippen molar-refractivity contribution in [1.82, 2.24) is 0 Å². The van der Waals surface area contributed by atoms with E-state index in [-0.39, 0.29) is 0 Å². The van der Waals surface area contributed by atoms with Gasteiger partial charge in [-0.25, -0.2) is 4.85 Å². The first-order valence-corrected chi connectivity index (χ1v) is 22.9. The Morgan fingerprint density at radius 2 is 0.899 bits per heavy atom. The first-order valence-electron chi connectivity index (χ1n) is 22.9. The minimum absolute atomic E-state index is 0.526. The summed E-state index contributed by atoms with van der Waals surface area (Å²) in [5.74, 6) is 0. The summed E-state index contributed by atoms with van der Waals surface area (Å²) in [7, 11) is 0. The lowest BCUT2D eigenvalue weighted by molar-refractivity contribution is 0.668. The van der Waals surface area contributed by atoms with Gasteiger partial charge in [0.15, 0.2) is 5.58 Å². The van der Waals surface area contributed by atoms with Gasteiger partial charge in [-0.05, 0) is 89.0 Å². The normalized spacial score (nSPS) is 12.4. The van der Waals surface area contributed by atoms with Gasteiger partial charge >= 0.3 is 0 Å². The number of nitrogens with zero attached hydrogens (tertiary/aromatic N) is 4. The Morgan fingerprint density at radius 1 is 0.435 bits per heavy atom. The lowest BCUT2D eigenvalue weighted by Gasteiger charge is -2.36. The number of anilines is 6. The molecular weight excluding hydrogens is 845 g/mol. The minimum Gasteiger partial charge on any atom is -0.455 e. The number of hydrogen-bond acceptors (Lipinski definition) is 5. The van der Waals surface area contributed by atoms with Crippen LogP contribution in [0.4, 0.5) is 39.8 Å². The maximum absolute atomic E-state index is 10.7. The zero-order valence-corrected chi connectivity index (χ0v) is 37.0. The van der Waals surface area contributed by atoms with Crippen molar-refractivity contribution in [2.45, 2.75) is 5.41 Å². The molecule has 0 fully saturated rings. The molecule has 2 aromatic heterocycles. The van der Waals surface area contributed by atoms with Crippen molar-refractivity contribution >= 4 is 83.7 Å². The predicted octanol–water partition coefficient (Wildman–Crippen LogP) is 17.2. The number of benzene rings is 10. The quantitative estimate of drug-likeness (QED) is 0.142. The molecule has 0 amide bonds. The molecule has 0 saturated heterocycles. The van der Waals surface area contributed by atoms with Gasteiger partial charge in [-0.3, -0.25) is 0 Å². The van der Waals surface area contributed by atoms with Gasteiger partial charge in [-0.1, -0.05) is 164 Å². The summed E-state index contributed by atoms with van der Waals surface area (Å²) in [5.41, 5.74) is 14.1. The van der Waals surface area contributed by atoms with E-state index in [0.29, 0.717) is 16.8 Å². The molecule has 0 unspecified atom stereocenters. The second-order valence-electron chi connectivity index (χ2n) is 17.3. The highest BCUT2D eigenvalue weighted by molar-refractivity contribution is 6.26. The van der Waals surface area contributed by atoms with Crippen LogP contribution in [-0.2, 0) is 5.41 Å². The first-order chi connectivity index (χ1) is 34.2. The molecule has 12 aromatic rings. The molecule has 1 aliphatic rings. The Kier molecular flexibility index (Phi) is 9.08. The van der Waals surface area contributed by atoms with Gasteiger partial charge in [-0.15, -0.1) is 0 Å². The second-order valence-corrected chi connectivity index (χ2v) is 17.3. The number of fused-ring (bicyclic) bond motifs is 11. The van der Waals surface area contributed by atoms with Gasteiger partial charge in [0.1, 0.15) is 22.8 Å². The number of hydrogen-bond donors (Lipinski definition) is 0. The average Bonchev–Trinajstić information content (AvgIpc) is 4.09. The Hall–Kier alpha value is -9.62. The summed E-state index contributed by atoms with van der Waals surface area (Å²) < 4.78 is 14.5. The van der Waals surface area contributed by atoms with E-state index in [0.717, 1.165) is 106 Å². The van der Waals surface area contributed by atoms with Gasteiger partial charge in [0, 0.05) is 38.7 Å². The fourth-order valence-corrected chi connectivity index (χ4v) is 11.0. The fraction of sp³-hybridized carbons (Fsp3) is 0.0159. The maximum Gasteiger partial charge on any atom is 0.210 e. The molecule has 0 spiro atoms. The van der Waals surface area contributed by atoms with E-state index in [1.165, 1.54) is 0 Å². The Balaban J connectivity index is 1.28. The van der Waals surface area contributed by atoms with Crippen molar-refractivity contribution in [3.63, 3.8) is 0 Å². The molecule has 69 heavy (non-hydrogen) atoms. The van der Waals surface area contributed by atoms with Crippen LogP contribution in [0, 0.1) is 17.9 Å². The van der Waals surface area contributed by atoms with Crippen LogP contribution in [0.2, 0.25) is 0 Å². The van der Waals surface area contributed by atoms with Gasteiger partial charge in [0.2, 0.25) is 5.69 Å². The predicted molar refractivity (Wildman–Crippen MR) is 279 cm³/mol. The van der Waals surface area contributed by atoms with Crippen molar-refractivity contribution in [1.29, 1.82) is 5.26 Å². The third kappa shape index (κ3) is 5.83. The van der Waals surface area contributed by atoms with Crippen molar-refractivity contribution in [2.24, 2.45) is 0 Å². The van der Waals surface area contributed by atoms with Crippen LogP contribution in [-0.4, -0.2) is 0 Å². The third-order valence-corrected chi connectivity index (χ3v) is 13.7. The summed E-state index contributed by atoms with van der Waals surface area (Å²) in [6.45, 7) is 8.45. The lowest BCUT2D eigenvalue weighted by atomic mass is 9.67. The van der Waals surface area contributed by atoms with Crippen molar-refractivity contribution in [2.75, 3.05) is 9.80 Å². The number of para-hydroxylation sites is 7. The third-order valence-electron chi connectivity index (χ3n) is 13.7. The molecule has 0 bridgehead atoms. The second kappa shape index (κ2) is 15.8. The molecule has 0 radical (unpaired) electrons. The van der Waals surface area contributed by atoms with Crippen molar-refractivity contribution in [3.8, 4) is 17.2 Å². The van der Waals surface area contributed by atoms with E-state index in [4.69, 9.17) is 15.4 Å². The van der Waals surface area contributed by atoms with Crippen LogP contribution in [0.25, 0.3) is 59.8 Å². The van der Waals surface area contributed by atoms with E-state index >= 15 is 0 Å². The van der Waals surface area contributed by atoms with Crippen LogP contribution in [0.15, 0.2) is 239 Å². The van der Waals surface area contributed by atoms with Gasteiger partial charge < -0.3 is 18.6 Å². The zero-order valence-electron chi connectivity index (χ0n) is 37.0. The number of nitriles is 1. The fourth-order valence-electron chi connectivity index (χ4n) is 11.0. The first kappa shape index (κ1) is 39.7. The molecular formula is C63H38N4O2. The van der Waals surface area contributed by atoms with Gasteiger partial charge in [0.05, 0.1) is 45.7 Å². The minimum atomic E-state index is -0.963. The van der Waals surface area contributed by atoms with Crippen LogP contribution in [0.3, 0.4) is 0 Å². The van der Waals surface area contributed by atoms with E-state index in [1.807, 2.05) is 109 Å². The van der Waals surface area contributed by atoms with E-state index in [9.17, 15) is 5.26 Å². The Morgan fingerprint density at radius 3 is 1.51 bits per heavy atom. The topological polar surface area (TPSA) is 60.9 Å². The molecule has 0 atom stereocenters. The van der Waals surface area contributed by atoms with Gasteiger partial charge in [-0.2, -0.15) is 5.26 Å².